The standard InChI is InChI=1S/C10H15NS/c1-5-10(12)9(8(3)4)7-11-6-2/h5-8,11H,1-2H2,3-4H3. The quantitative estimate of drug-likeness (QED) is 0.517. The molecule has 0 saturated carbocycles. The van der Waals surface area contributed by atoms with Crippen molar-refractivity contribution in [1.82, 2.24) is 5.32 Å². The Morgan fingerprint density at radius 3 is 2.33 bits per heavy atom. The molecule has 66 valence electrons. The Morgan fingerprint density at radius 2 is 2.00 bits per heavy atom. The van der Waals surface area contributed by atoms with E-state index in [0.717, 1.165) is 10.4 Å². The fraction of sp³-hybridized carbons (Fsp3) is 0.300. The fourth-order valence-electron chi connectivity index (χ4n) is 0.789. The monoisotopic (exact) mass is 181 g/mol. The van der Waals surface area contributed by atoms with Gasteiger partial charge in [0.05, 0.1) is 0 Å². The van der Waals surface area contributed by atoms with Crippen LogP contribution < -0.4 is 5.32 Å². The molecule has 12 heavy (non-hydrogen) atoms. The van der Waals surface area contributed by atoms with Crippen LogP contribution in [0.1, 0.15) is 13.8 Å². The summed E-state index contributed by atoms with van der Waals surface area (Å²) in [4.78, 5) is 0.791. The molecule has 0 fully saturated rings. The lowest BCUT2D eigenvalue weighted by Crippen LogP contribution is -2.07. The summed E-state index contributed by atoms with van der Waals surface area (Å²) in [5.74, 6) is 0.406. The number of nitrogens with one attached hydrogen (secondary N) is 1. The van der Waals surface area contributed by atoms with Gasteiger partial charge in [-0.3, -0.25) is 0 Å². The maximum atomic E-state index is 5.11. The second-order valence-corrected chi connectivity index (χ2v) is 3.13. The van der Waals surface area contributed by atoms with Crippen LogP contribution in [0.25, 0.3) is 0 Å². The summed E-state index contributed by atoms with van der Waals surface area (Å²) in [7, 11) is 0. The summed E-state index contributed by atoms with van der Waals surface area (Å²) in [6.07, 6.45) is 5.17. The van der Waals surface area contributed by atoms with Gasteiger partial charge in [0.2, 0.25) is 0 Å². The summed E-state index contributed by atoms with van der Waals surface area (Å²) in [6, 6.07) is 0. The Bertz CT molecular complexity index is 214. The first kappa shape index (κ1) is 11.1. The van der Waals surface area contributed by atoms with Gasteiger partial charge in [0.1, 0.15) is 0 Å². The van der Waals surface area contributed by atoms with Crippen LogP contribution in [0, 0.1) is 5.92 Å². The van der Waals surface area contributed by atoms with Crippen LogP contribution in [0.4, 0.5) is 0 Å². The van der Waals surface area contributed by atoms with Crippen molar-refractivity contribution >= 4 is 17.1 Å². The van der Waals surface area contributed by atoms with E-state index in [2.05, 4.69) is 32.3 Å². The van der Waals surface area contributed by atoms with Gasteiger partial charge in [-0.2, -0.15) is 0 Å². The Labute approximate surface area is 79.9 Å². The van der Waals surface area contributed by atoms with Crippen LogP contribution in [0.15, 0.2) is 37.2 Å². The van der Waals surface area contributed by atoms with E-state index in [0.29, 0.717) is 5.92 Å². The van der Waals surface area contributed by atoms with Crippen LogP contribution in [-0.2, 0) is 0 Å². The van der Waals surface area contributed by atoms with Crippen LogP contribution in [0.3, 0.4) is 0 Å². The normalized spacial score (nSPS) is 11.1. The Kier molecular flexibility index (Phi) is 5.30. The second kappa shape index (κ2) is 5.72. The minimum Gasteiger partial charge on any atom is -0.368 e. The van der Waals surface area contributed by atoms with E-state index in [1.807, 2.05) is 6.20 Å². The van der Waals surface area contributed by atoms with Gasteiger partial charge in [0.25, 0.3) is 0 Å². The lowest BCUT2D eigenvalue weighted by atomic mass is 10.0. The van der Waals surface area contributed by atoms with Crippen molar-refractivity contribution in [2.75, 3.05) is 0 Å². The lowest BCUT2D eigenvalue weighted by Gasteiger charge is -2.09. The van der Waals surface area contributed by atoms with Crippen molar-refractivity contribution in [3.8, 4) is 0 Å². The highest BCUT2D eigenvalue weighted by molar-refractivity contribution is 7.81. The number of rotatable bonds is 5. The first-order chi connectivity index (χ1) is 5.63. The van der Waals surface area contributed by atoms with Crippen molar-refractivity contribution < 1.29 is 0 Å². The van der Waals surface area contributed by atoms with Crippen molar-refractivity contribution in [3.63, 3.8) is 0 Å². The van der Waals surface area contributed by atoms with Crippen molar-refractivity contribution in [3.05, 3.63) is 37.2 Å². The summed E-state index contributed by atoms with van der Waals surface area (Å²) >= 11 is 5.11. The molecule has 0 heterocycles. The van der Waals surface area contributed by atoms with Gasteiger partial charge >= 0.3 is 0 Å². The van der Waals surface area contributed by atoms with Gasteiger partial charge < -0.3 is 5.32 Å². The van der Waals surface area contributed by atoms with Crippen LogP contribution in [-0.4, -0.2) is 4.86 Å². The first-order valence-electron chi connectivity index (χ1n) is 3.87. The molecule has 0 aromatic heterocycles. The molecular weight excluding hydrogens is 166 g/mol. The topological polar surface area (TPSA) is 12.0 Å². The third-order valence-electron chi connectivity index (χ3n) is 1.45. The fourth-order valence-corrected chi connectivity index (χ4v) is 1.08. The van der Waals surface area contributed by atoms with E-state index in [9.17, 15) is 0 Å². The zero-order valence-corrected chi connectivity index (χ0v) is 8.45. The van der Waals surface area contributed by atoms with Gasteiger partial charge in [-0.15, -0.1) is 0 Å². The minimum atomic E-state index is 0.406. The smallest absolute Gasteiger partial charge is 0.0420 e. The maximum Gasteiger partial charge on any atom is 0.0420 e. The van der Waals surface area contributed by atoms with Crippen molar-refractivity contribution in [1.29, 1.82) is 0 Å². The van der Waals surface area contributed by atoms with Crippen LogP contribution in [0.5, 0.6) is 0 Å². The maximum absolute atomic E-state index is 5.11. The molecule has 0 aliphatic heterocycles. The van der Waals surface area contributed by atoms with Crippen LogP contribution >= 0.6 is 12.2 Å². The van der Waals surface area contributed by atoms with E-state index in [1.165, 1.54) is 0 Å². The SMILES string of the molecule is C=CNC=C(C(=S)C=C)C(C)C. The zero-order chi connectivity index (χ0) is 9.56. The van der Waals surface area contributed by atoms with Gasteiger partial charge in [0, 0.05) is 11.1 Å². The number of allylic oxidation sites excluding steroid dienone is 2. The third kappa shape index (κ3) is 3.49. The number of hydrogen-bond donors (Lipinski definition) is 1. The Morgan fingerprint density at radius 1 is 1.42 bits per heavy atom. The van der Waals surface area contributed by atoms with E-state index >= 15 is 0 Å². The molecule has 0 unspecified atom stereocenters. The predicted octanol–water partition coefficient (Wildman–Crippen LogP) is 2.82. The van der Waals surface area contributed by atoms with Crippen molar-refractivity contribution in [2.24, 2.45) is 5.92 Å². The molecule has 0 aliphatic carbocycles. The Hall–Kier alpha value is -0.890. The molecule has 0 aromatic carbocycles. The zero-order valence-electron chi connectivity index (χ0n) is 7.63. The molecule has 0 rings (SSSR count). The van der Waals surface area contributed by atoms with Gasteiger partial charge in [-0.25, -0.2) is 0 Å². The molecule has 2 heteroatoms. The molecule has 0 aliphatic rings. The van der Waals surface area contributed by atoms with Gasteiger partial charge in [-0.05, 0) is 17.7 Å². The molecule has 0 amide bonds. The number of hydrogen-bond acceptors (Lipinski definition) is 2. The molecule has 0 spiro atoms. The molecule has 1 N–H and O–H groups in total. The predicted molar refractivity (Wildman–Crippen MR) is 59.0 cm³/mol. The Balaban J connectivity index is 4.52. The average Bonchev–Trinajstić information content (AvgIpc) is 2.04. The van der Waals surface area contributed by atoms with Gasteiger partial charge in [-0.1, -0.05) is 45.3 Å². The highest BCUT2D eigenvalue weighted by Gasteiger charge is 2.05. The highest BCUT2D eigenvalue weighted by Crippen LogP contribution is 2.11. The largest absolute Gasteiger partial charge is 0.368 e. The summed E-state index contributed by atoms with van der Waals surface area (Å²) in [5.41, 5.74) is 1.08. The molecule has 0 atom stereocenters. The lowest BCUT2D eigenvalue weighted by molar-refractivity contribution is 0.798. The molecule has 0 saturated heterocycles. The minimum absolute atomic E-state index is 0.406. The molecule has 0 radical (unpaired) electrons. The summed E-state index contributed by atoms with van der Waals surface area (Å²) in [6.45, 7) is 11.4. The van der Waals surface area contributed by atoms with E-state index in [1.54, 1.807) is 12.3 Å². The average molecular weight is 181 g/mol. The summed E-state index contributed by atoms with van der Waals surface area (Å²) in [5, 5.41) is 2.91. The molecule has 0 bridgehead atoms. The van der Waals surface area contributed by atoms with Crippen LogP contribution in [0.2, 0.25) is 0 Å². The van der Waals surface area contributed by atoms with Gasteiger partial charge in [0.15, 0.2) is 0 Å². The molecular formula is C10H15NS. The van der Waals surface area contributed by atoms with E-state index in [-0.39, 0.29) is 0 Å². The second-order valence-electron chi connectivity index (χ2n) is 2.69. The third-order valence-corrected chi connectivity index (χ3v) is 1.85. The number of thiocarbonyl (C=S) groups is 1. The van der Waals surface area contributed by atoms with E-state index in [4.69, 9.17) is 12.2 Å². The van der Waals surface area contributed by atoms with Crippen molar-refractivity contribution in [2.45, 2.75) is 13.8 Å². The summed E-state index contributed by atoms with van der Waals surface area (Å²) < 4.78 is 0. The van der Waals surface area contributed by atoms with E-state index < -0.39 is 0 Å². The first-order valence-corrected chi connectivity index (χ1v) is 4.28. The molecule has 1 nitrogen and oxygen atoms in total. The molecule has 0 aromatic rings. The highest BCUT2D eigenvalue weighted by atomic mass is 32.1.